The molecule has 1 aliphatic heterocycles. The molecule has 22 heavy (non-hydrogen) atoms. The van der Waals surface area contributed by atoms with Crippen LogP contribution < -0.4 is 4.90 Å². The average Bonchev–Trinajstić information content (AvgIpc) is 2.84. The monoisotopic (exact) mass is 361 g/mol. The molecule has 0 saturated carbocycles. The molecule has 0 aromatic carbocycles. The maximum absolute atomic E-state index is 11.9. The minimum absolute atomic E-state index is 0.0407. The van der Waals surface area contributed by atoms with Crippen LogP contribution in [0.4, 0.5) is 5.82 Å². The maximum Gasteiger partial charge on any atom is 0.156 e. The van der Waals surface area contributed by atoms with Gasteiger partial charge in [-0.25, -0.2) is 13.4 Å². The van der Waals surface area contributed by atoms with Gasteiger partial charge >= 0.3 is 0 Å². The Morgan fingerprint density at radius 1 is 1.41 bits per heavy atom. The lowest BCUT2D eigenvalue weighted by Crippen LogP contribution is -2.46. The number of aldehydes is 1. The number of fused-ring (bicyclic) bond motifs is 1. The van der Waals surface area contributed by atoms with Crippen molar-refractivity contribution in [3.63, 3.8) is 0 Å². The topological polar surface area (TPSA) is 71.8 Å². The van der Waals surface area contributed by atoms with Crippen molar-refractivity contribution in [3.8, 4) is 0 Å². The molecule has 3 heterocycles. The summed E-state index contributed by atoms with van der Waals surface area (Å²) in [5.41, 5.74) is 0.878. The summed E-state index contributed by atoms with van der Waals surface area (Å²) in [5, 5.41) is 0.0536. The molecule has 0 radical (unpaired) electrons. The van der Waals surface area contributed by atoms with Crippen LogP contribution in [0.15, 0.2) is 12.4 Å². The molecule has 3 rings (SSSR count). The van der Waals surface area contributed by atoms with Crippen LogP contribution in [0.2, 0.25) is 10.2 Å². The van der Waals surface area contributed by atoms with Gasteiger partial charge in [-0.15, -0.1) is 0 Å². The molecule has 0 N–H and O–H groups in total. The van der Waals surface area contributed by atoms with Crippen molar-refractivity contribution in [2.45, 2.75) is 12.2 Å². The molecule has 0 spiro atoms. The van der Waals surface area contributed by atoms with Gasteiger partial charge in [-0.05, 0) is 13.0 Å². The summed E-state index contributed by atoms with van der Waals surface area (Å²) < 4.78 is 25.4. The molecule has 1 saturated heterocycles. The second kappa shape index (κ2) is 5.40. The minimum atomic E-state index is -3.09. The van der Waals surface area contributed by atoms with E-state index in [2.05, 4.69) is 4.98 Å². The van der Waals surface area contributed by atoms with Gasteiger partial charge in [-0.2, -0.15) is 0 Å². The fraction of sp³-hybridized carbons (Fsp3) is 0.385. The number of pyridine rings is 1. The molecule has 118 valence electrons. The SMILES string of the molecule is CC1CN(c2c(C=O)cc(Cl)c3c(Cl)ncn23)CCS1(=O)=O. The zero-order valence-corrected chi connectivity index (χ0v) is 14.0. The van der Waals surface area contributed by atoms with Crippen molar-refractivity contribution < 1.29 is 13.2 Å². The van der Waals surface area contributed by atoms with Crippen molar-refractivity contribution in [3.05, 3.63) is 28.1 Å². The highest BCUT2D eigenvalue weighted by molar-refractivity contribution is 7.92. The van der Waals surface area contributed by atoms with Crippen LogP contribution in [0.1, 0.15) is 17.3 Å². The number of rotatable bonds is 2. The Labute approximate surface area is 137 Å². The molecule has 2 aromatic rings. The van der Waals surface area contributed by atoms with Gasteiger partial charge in [-0.1, -0.05) is 23.2 Å². The van der Waals surface area contributed by atoms with E-state index in [9.17, 15) is 13.2 Å². The first-order valence-electron chi connectivity index (χ1n) is 6.62. The quantitative estimate of drug-likeness (QED) is 0.765. The van der Waals surface area contributed by atoms with Crippen molar-refractivity contribution in [2.24, 2.45) is 0 Å². The molecular formula is C13H13Cl2N3O3S. The third kappa shape index (κ3) is 2.37. The van der Waals surface area contributed by atoms with E-state index in [1.807, 2.05) is 4.90 Å². The lowest BCUT2D eigenvalue weighted by molar-refractivity contribution is 0.112. The second-order valence-corrected chi connectivity index (χ2v) is 8.57. The van der Waals surface area contributed by atoms with Crippen LogP contribution in [0, 0.1) is 0 Å². The van der Waals surface area contributed by atoms with Crippen LogP contribution in [0.25, 0.3) is 5.52 Å². The Hall–Kier alpha value is -1.31. The van der Waals surface area contributed by atoms with Gasteiger partial charge < -0.3 is 4.90 Å². The van der Waals surface area contributed by atoms with Crippen LogP contribution in [-0.4, -0.2) is 48.2 Å². The highest BCUT2D eigenvalue weighted by atomic mass is 35.5. The Balaban J connectivity index is 2.18. The number of anilines is 1. The normalized spacial score (nSPS) is 21.2. The number of hydrogen-bond donors (Lipinski definition) is 0. The molecule has 1 unspecified atom stereocenters. The first-order chi connectivity index (χ1) is 10.3. The van der Waals surface area contributed by atoms with E-state index in [1.165, 1.54) is 12.4 Å². The molecule has 0 amide bonds. The molecule has 6 nitrogen and oxygen atoms in total. The fourth-order valence-electron chi connectivity index (χ4n) is 2.68. The van der Waals surface area contributed by atoms with Crippen LogP contribution in [-0.2, 0) is 9.84 Å². The van der Waals surface area contributed by atoms with E-state index in [0.717, 1.165) is 0 Å². The third-order valence-corrected chi connectivity index (χ3v) is 6.57. The second-order valence-electron chi connectivity index (χ2n) is 5.27. The van der Waals surface area contributed by atoms with Gasteiger partial charge in [0.25, 0.3) is 0 Å². The van der Waals surface area contributed by atoms with E-state index in [1.54, 1.807) is 11.3 Å². The zero-order chi connectivity index (χ0) is 16.1. The van der Waals surface area contributed by atoms with Crippen molar-refractivity contribution in [1.29, 1.82) is 0 Å². The third-order valence-electron chi connectivity index (χ3n) is 3.88. The number of aromatic nitrogens is 2. The minimum Gasteiger partial charge on any atom is -0.355 e. The molecule has 9 heteroatoms. The number of nitrogens with zero attached hydrogens (tertiary/aromatic N) is 3. The molecule has 1 atom stereocenters. The molecule has 1 aliphatic rings. The van der Waals surface area contributed by atoms with Crippen molar-refractivity contribution in [1.82, 2.24) is 9.38 Å². The number of imidazole rings is 1. The van der Waals surface area contributed by atoms with Gasteiger partial charge in [0, 0.05) is 13.1 Å². The molecule has 0 aliphatic carbocycles. The number of halogens is 2. The summed E-state index contributed by atoms with van der Waals surface area (Å²) in [5.74, 6) is 0.606. The lowest BCUT2D eigenvalue weighted by atomic mass is 10.2. The van der Waals surface area contributed by atoms with Gasteiger partial charge in [0.1, 0.15) is 17.7 Å². The number of carbonyl (C=O) groups is 1. The van der Waals surface area contributed by atoms with Crippen LogP contribution in [0.3, 0.4) is 0 Å². The van der Waals surface area contributed by atoms with Crippen LogP contribution in [0.5, 0.6) is 0 Å². The molecule has 0 bridgehead atoms. The van der Waals surface area contributed by atoms with Gasteiger partial charge in [0.15, 0.2) is 21.3 Å². The number of hydrogen-bond acceptors (Lipinski definition) is 5. The van der Waals surface area contributed by atoms with Crippen molar-refractivity contribution >= 4 is 50.7 Å². The Bertz CT molecular complexity index is 863. The summed E-state index contributed by atoms with van der Waals surface area (Å²) in [6.07, 6.45) is 2.18. The summed E-state index contributed by atoms with van der Waals surface area (Å²) in [7, 11) is -3.09. The molecule has 2 aromatic heterocycles. The predicted octanol–water partition coefficient (Wildman–Crippen LogP) is 2.08. The smallest absolute Gasteiger partial charge is 0.156 e. The van der Waals surface area contributed by atoms with Crippen LogP contribution >= 0.6 is 23.2 Å². The predicted molar refractivity (Wildman–Crippen MR) is 86.1 cm³/mol. The Morgan fingerprint density at radius 3 is 2.77 bits per heavy atom. The summed E-state index contributed by atoms with van der Waals surface area (Å²) in [4.78, 5) is 17.3. The first-order valence-corrected chi connectivity index (χ1v) is 9.09. The highest BCUT2D eigenvalue weighted by Gasteiger charge is 2.31. The summed E-state index contributed by atoms with van der Waals surface area (Å²) in [6.45, 7) is 2.27. The Morgan fingerprint density at radius 2 is 2.14 bits per heavy atom. The summed E-state index contributed by atoms with van der Waals surface area (Å²) >= 11 is 12.2. The van der Waals surface area contributed by atoms with E-state index in [0.29, 0.717) is 41.3 Å². The standard InChI is InChI=1S/C13H13Cl2N3O3S/c1-8-5-17(2-3-22(8,20)21)13-9(6-19)4-10(14)11-12(15)16-7-18(11)13/h4,6-8H,2-3,5H2,1H3. The largest absolute Gasteiger partial charge is 0.355 e. The number of carbonyl (C=O) groups excluding carboxylic acids is 1. The van der Waals surface area contributed by atoms with Crippen molar-refractivity contribution in [2.75, 3.05) is 23.7 Å². The maximum atomic E-state index is 11.9. The lowest BCUT2D eigenvalue weighted by Gasteiger charge is -2.33. The van der Waals surface area contributed by atoms with E-state index in [4.69, 9.17) is 23.2 Å². The molecular weight excluding hydrogens is 349 g/mol. The van der Waals surface area contributed by atoms with Gasteiger partial charge in [0.05, 0.1) is 21.6 Å². The zero-order valence-electron chi connectivity index (χ0n) is 11.7. The average molecular weight is 362 g/mol. The van der Waals surface area contributed by atoms with E-state index >= 15 is 0 Å². The van der Waals surface area contributed by atoms with Gasteiger partial charge in [-0.3, -0.25) is 9.20 Å². The van der Waals surface area contributed by atoms with Gasteiger partial charge in [0.2, 0.25) is 0 Å². The molecule has 1 fully saturated rings. The first kappa shape index (κ1) is 15.6. The number of sulfone groups is 1. The fourth-order valence-corrected chi connectivity index (χ4v) is 4.54. The Kier molecular flexibility index (Phi) is 3.82. The highest BCUT2D eigenvalue weighted by Crippen LogP contribution is 2.33. The van der Waals surface area contributed by atoms with E-state index in [-0.39, 0.29) is 10.9 Å². The summed E-state index contributed by atoms with van der Waals surface area (Å²) in [6, 6.07) is 1.53. The van der Waals surface area contributed by atoms with E-state index < -0.39 is 15.1 Å².